The number of H-pyrrole nitrogens is 1. The molecular weight excluding hydrogens is 316 g/mol. The van der Waals surface area contributed by atoms with Crippen molar-refractivity contribution in [2.45, 2.75) is 56.6 Å². The number of benzene rings is 1. The summed E-state index contributed by atoms with van der Waals surface area (Å²) in [5.41, 5.74) is 4.61. The Hall–Kier alpha value is -1.42. The number of thioether (sulfide) groups is 1. The van der Waals surface area contributed by atoms with Crippen molar-refractivity contribution in [3.63, 3.8) is 0 Å². The molecule has 2 aliphatic rings. The molecule has 1 aromatic carbocycles. The third-order valence-electron chi connectivity index (χ3n) is 5.42. The van der Waals surface area contributed by atoms with Crippen LogP contribution in [0.2, 0.25) is 0 Å². The predicted octanol–water partition coefficient (Wildman–Crippen LogP) is 4.45. The van der Waals surface area contributed by atoms with E-state index in [2.05, 4.69) is 16.4 Å². The van der Waals surface area contributed by atoms with Crippen LogP contribution in [0.15, 0.2) is 18.2 Å². The fraction of sp³-hybridized carbons (Fsp3) is 0.550. The summed E-state index contributed by atoms with van der Waals surface area (Å²) in [6.07, 6.45) is 10.2. The number of fused-ring (bicyclic) bond motifs is 3. The number of aromatic amines is 1. The number of hydrogen-bond donors (Lipinski definition) is 2. The highest BCUT2D eigenvalue weighted by atomic mass is 32.2. The lowest BCUT2D eigenvalue weighted by molar-refractivity contribution is 0.0957. The number of amides is 1. The van der Waals surface area contributed by atoms with Gasteiger partial charge in [0.25, 0.3) is 5.91 Å². The average molecular weight is 343 g/mol. The summed E-state index contributed by atoms with van der Waals surface area (Å²) in [4.78, 5) is 16.2. The molecule has 128 valence electrons. The summed E-state index contributed by atoms with van der Waals surface area (Å²) >= 11 is 2.02. The van der Waals surface area contributed by atoms with Crippen LogP contribution >= 0.6 is 11.8 Å². The van der Waals surface area contributed by atoms with E-state index >= 15 is 0 Å². The fourth-order valence-corrected chi connectivity index (χ4v) is 5.38. The van der Waals surface area contributed by atoms with E-state index in [1.807, 2.05) is 23.9 Å². The van der Waals surface area contributed by atoms with Crippen molar-refractivity contribution in [3.05, 3.63) is 35.0 Å². The summed E-state index contributed by atoms with van der Waals surface area (Å²) < 4.78 is 0. The zero-order chi connectivity index (χ0) is 16.4. The molecule has 1 aromatic heterocycles. The van der Waals surface area contributed by atoms with E-state index < -0.39 is 0 Å². The van der Waals surface area contributed by atoms with Crippen LogP contribution in [0.5, 0.6) is 0 Å². The Balaban J connectivity index is 1.43. The van der Waals surface area contributed by atoms with Gasteiger partial charge in [-0.15, -0.1) is 0 Å². The Morgan fingerprint density at radius 2 is 2.00 bits per heavy atom. The fourth-order valence-electron chi connectivity index (χ4n) is 4.16. The molecule has 4 rings (SSSR count). The Kier molecular flexibility index (Phi) is 4.83. The monoisotopic (exact) mass is 342 g/mol. The first kappa shape index (κ1) is 16.1. The highest BCUT2D eigenvalue weighted by Gasteiger charge is 2.19. The molecular formula is C20H26N2OS. The van der Waals surface area contributed by atoms with Crippen molar-refractivity contribution in [1.82, 2.24) is 10.3 Å². The van der Waals surface area contributed by atoms with Gasteiger partial charge in [0.1, 0.15) is 0 Å². The van der Waals surface area contributed by atoms with Gasteiger partial charge in [-0.3, -0.25) is 4.79 Å². The molecule has 1 heterocycles. The largest absolute Gasteiger partial charge is 0.358 e. The molecule has 2 aliphatic carbocycles. The van der Waals surface area contributed by atoms with Crippen LogP contribution in [0.1, 0.15) is 60.1 Å². The smallest absolute Gasteiger partial charge is 0.253 e. The first-order valence-corrected chi connectivity index (χ1v) is 10.4. The summed E-state index contributed by atoms with van der Waals surface area (Å²) in [5, 5.41) is 5.18. The minimum atomic E-state index is 0.0613. The second kappa shape index (κ2) is 7.22. The van der Waals surface area contributed by atoms with E-state index in [0.717, 1.165) is 41.5 Å². The number of rotatable bonds is 5. The van der Waals surface area contributed by atoms with E-state index in [-0.39, 0.29) is 5.91 Å². The van der Waals surface area contributed by atoms with Crippen molar-refractivity contribution in [1.29, 1.82) is 0 Å². The van der Waals surface area contributed by atoms with E-state index in [4.69, 9.17) is 0 Å². The van der Waals surface area contributed by atoms with Crippen molar-refractivity contribution in [3.8, 4) is 0 Å². The second-order valence-electron chi connectivity index (χ2n) is 7.05. The normalized spacial score (nSPS) is 18.0. The number of aryl methyl sites for hydroxylation is 2. The van der Waals surface area contributed by atoms with Crippen LogP contribution in [-0.4, -0.2) is 28.4 Å². The standard InChI is InChI=1S/C20H26N2OS/c23-20(21-12-13-24-14-6-1-2-7-14)17-10-5-9-16-15-8-3-4-11-18(15)22-19(16)17/h5,9-10,14,22H,1-4,6-8,11-13H2,(H,21,23). The van der Waals surface area contributed by atoms with Gasteiger partial charge in [-0.1, -0.05) is 25.0 Å². The van der Waals surface area contributed by atoms with Gasteiger partial charge < -0.3 is 10.3 Å². The van der Waals surface area contributed by atoms with Crippen LogP contribution in [-0.2, 0) is 12.8 Å². The lowest BCUT2D eigenvalue weighted by atomic mass is 9.95. The molecule has 0 saturated heterocycles. The molecule has 1 fully saturated rings. The van der Waals surface area contributed by atoms with Gasteiger partial charge in [-0.2, -0.15) is 11.8 Å². The topological polar surface area (TPSA) is 44.9 Å². The Bertz CT molecular complexity index is 731. The number of carbonyl (C=O) groups is 1. The zero-order valence-corrected chi connectivity index (χ0v) is 15.0. The van der Waals surface area contributed by atoms with E-state index in [0.29, 0.717) is 0 Å². The quantitative estimate of drug-likeness (QED) is 0.788. The van der Waals surface area contributed by atoms with Crippen molar-refractivity contribution >= 4 is 28.6 Å². The SMILES string of the molecule is O=C(NCCSC1CCCC1)c1cccc2c3c([nH]c12)CCCC3. The highest BCUT2D eigenvalue weighted by molar-refractivity contribution is 7.99. The van der Waals surface area contributed by atoms with Crippen LogP contribution in [0, 0.1) is 0 Å². The molecule has 2 aromatic rings. The number of aromatic nitrogens is 1. The van der Waals surface area contributed by atoms with Crippen LogP contribution < -0.4 is 5.32 Å². The van der Waals surface area contributed by atoms with E-state index in [1.165, 1.54) is 55.2 Å². The Labute approximate surface area is 148 Å². The van der Waals surface area contributed by atoms with Crippen molar-refractivity contribution in [2.24, 2.45) is 0 Å². The molecule has 3 nitrogen and oxygen atoms in total. The summed E-state index contributed by atoms with van der Waals surface area (Å²) in [7, 11) is 0. The molecule has 0 spiro atoms. The second-order valence-corrected chi connectivity index (χ2v) is 8.46. The third-order valence-corrected chi connectivity index (χ3v) is 6.80. The molecule has 2 N–H and O–H groups in total. The predicted molar refractivity (Wildman–Crippen MR) is 102 cm³/mol. The van der Waals surface area contributed by atoms with Crippen LogP contribution in [0.25, 0.3) is 10.9 Å². The number of carbonyl (C=O) groups excluding carboxylic acids is 1. The Morgan fingerprint density at radius 1 is 1.17 bits per heavy atom. The maximum atomic E-state index is 12.6. The summed E-state index contributed by atoms with van der Waals surface area (Å²) in [5.74, 6) is 1.08. The molecule has 0 bridgehead atoms. The zero-order valence-electron chi connectivity index (χ0n) is 14.2. The van der Waals surface area contributed by atoms with Crippen LogP contribution in [0.4, 0.5) is 0 Å². The van der Waals surface area contributed by atoms with Gasteiger partial charge in [0.05, 0.1) is 11.1 Å². The lowest BCUT2D eigenvalue weighted by Gasteiger charge is -2.10. The molecule has 0 atom stereocenters. The number of para-hydroxylation sites is 1. The average Bonchev–Trinajstić information content (AvgIpc) is 3.25. The van der Waals surface area contributed by atoms with Crippen molar-refractivity contribution in [2.75, 3.05) is 12.3 Å². The summed E-state index contributed by atoms with van der Waals surface area (Å²) in [6, 6.07) is 6.12. The molecule has 1 amide bonds. The number of hydrogen-bond acceptors (Lipinski definition) is 2. The molecule has 0 radical (unpaired) electrons. The first-order valence-electron chi connectivity index (χ1n) is 9.35. The van der Waals surface area contributed by atoms with Crippen LogP contribution in [0.3, 0.4) is 0 Å². The molecule has 1 saturated carbocycles. The third kappa shape index (κ3) is 3.21. The van der Waals surface area contributed by atoms with Gasteiger partial charge in [0.15, 0.2) is 0 Å². The van der Waals surface area contributed by atoms with E-state index in [1.54, 1.807) is 0 Å². The molecule has 0 aliphatic heterocycles. The van der Waals surface area contributed by atoms with Gasteiger partial charge in [0, 0.05) is 28.6 Å². The minimum Gasteiger partial charge on any atom is -0.358 e. The maximum absolute atomic E-state index is 12.6. The lowest BCUT2D eigenvalue weighted by Crippen LogP contribution is -2.26. The molecule has 0 unspecified atom stereocenters. The van der Waals surface area contributed by atoms with Gasteiger partial charge in [0.2, 0.25) is 0 Å². The molecule has 4 heteroatoms. The maximum Gasteiger partial charge on any atom is 0.253 e. The van der Waals surface area contributed by atoms with Crippen molar-refractivity contribution < 1.29 is 4.79 Å². The van der Waals surface area contributed by atoms with E-state index in [9.17, 15) is 4.79 Å². The molecule has 24 heavy (non-hydrogen) atoms. The first-order chi connectivity index (χ1) is 11.8. The minimum absolute atomic E-state index is 0.0613. The number of nitrogens with one attached hydrogen (secondary N) is 2. The van der Waals surface area contributed by atoms with Gasteiger partial charge >= 0.3 is 0 Å². The van der Waals surface area contributed by atoms with Gasteiger partial charge in [-0.25, -0.2) is 0 Å². The van der Waals surface area contributed by atoms with Gasteiger partial charge in [-0.05, 0) is 50.2 Å². The Morgan fingerprint density at radius 3 is 2.88 bits per heavy atom. The highest BCUT2D eigenvalue weighted by Crippen LogP contribution is 2.31. The summed E-state index contributed by atoms with van der Waals surface area (Å²) in [6.45, 7) is 0.761.